The molecule has 1 amide bonds. The quantitative estimate of drug-likeness (QED) is 0.178. The van der Waals surface area contributed by atoms with Gasteiger partial charge in [-0.3, -0.25) is 19.1 Å². The number of fused-ring (bicyclic) bond motifs is 1. The molecule has 0 atom stereocenters. The van der Waals surface area contributed by atoms with Crippen LogP contribution in [-0.4, -0.2) is 52.2 Å². The molecule has 6 rings (SSSR count). The highest BCUT2D eigenvalue weighted by Crippen LogP contribution is 2.33. The number of benzene rings is 3. The molecule has 0 saturated carbocycles. The molecule has 0 spiro atoms. The predicted octanol–water partition coefficient (Wildman–Crippen LogP) is 6.05. The van der Waals surface area contributed by atoms with Crippen LogP contribution >= 0.6 is 23.4 Å². The molecule has 0 radical (unpaired) electrons. The van der Waals surface area contributed by atoms with E-state index in [1.165, 1.54) is 23.9 Å². The van der Waals surface area contributed by atoms with Crippen molar-refractivity contribution in [2.75, 3.05) is 17.6 Å². The first-order valence-electron chi connectivity index (χ1n) is 13.7. The fourth-order valence-corrected chi connectivity index (χ4v) is 6.87. The third-order valence-corrected chi connectivity index (χ3v) is 9.50. The van der Waals surface area contributed by atoms with E-state index in [-0.39, 0.29) is 16.6 Å². The van der Waals surface area contributed by atoms with Crippen LogP contribution in [0.15, 0.2) is 94.0 Å². The number of amides is 1. The molecule has 0 bridgehead atoms. The van der Waals surface area contributed by atoms with Gasteiger partial charge in [0.05, 0.1) is 10.6 Å². The van der Waals surface area contributed by atoms with Gasteiger partial charge in [0.2, 0.25) is 5.91 Å². The van der Waals surface area contributed by atoms with E-state index in [1.54, 1.807) is 24.3 Å². The van der Waals surface area contributed by atoms with Crippen molar-refractivity contribution in [1.82, 2.24) is 24.5 Å². The number of aromatic nitrogens is 4. The zero-order chi connectivity index (χ0) is 29.8. The second kappa shape index (κ2) is 12.6. The number of hydrogen-bond acceptors (Lipinski definition) is 7. The fourth-order valence-electron chi connectivity index (χ4n) is 4.86. The second-order valence-electron chi connectivity index (χ2n) is 9.98. The summed E-state index contributed by atoms with van der Waals surface area (Å²) in [4.78, 5) is 20.7. The molecule has 10 nitrogen and oxygen atoms in total. The first-order valence-corrected chi connectivity index (χ1v) is 16.6. The molecule has 3 aromatic carbocycles. The van der Waals surface area contributed by atoms with Gasteiger partial charge in [-0.05, 0) is 61.4 Å². The molecule has 43 heavy (non-hydrogen) atoms. The van der Waals surface area contributed by atoms with Gasteiger partial charge in [-0.15, -0.1) is 10.2 Å². The van der Waals surface area contributed by atoms with Crippen LogP contribution in [0, 0.1) is 0 Å². The maximum Gasteiger partial charge on any atom is 0.262 e. The number of aromatic amines is 1. The van der Waals surface area contributed by atoms with E-state index >= 15 is 0 Å². The Bertz CT molecular complexity index is 1920. The molecule has 2 aromatic heterocycles. The number of hydrogen-bond donors (Lipinski definition) is 3. The van der Waals surface area contributed by atoms with Crippen molar-refractivity contribution < 1.29 is 13.2 Å². The normalized spacial score (nSPS) is 13.8. The summed E-state index contributed by atoms with van der Waals surface area (Å²) in [5.74, 6) is 0.789. The number of amidine groups is 1. The van der Waals surface area contributed by atoms with Crippen molar-refractivity contribution in [1.29, 1.82) is 0 Å². The smallest absolute Gasteiger partial charge is 0.262 e. The van der Waals surface area contributed by atoms with E-state index in [2.05, 4.69) is 30.2 Å². The van der Waals surface area contributed by atoms with Crippen molar-refractivity contribution in [3.05, 3.63) is 84.0 Å². The molecule has 5 aromatic rings. The summed E-state index contributed by atoms with van der Waals surface area (Å²) in [6, 6.07) is 21.4. The Balaban J connectivity index is 1.20. The number of halogens is 1. The Labute approximate surface area is 258 Å². The number of sulfonamides is 1. The van der Waals surface area contributed by atoms with Gasteiger partial charge in [-0.25, -0.2) is 8.42 Å². The molecular formula is C30H28ClN7O3S2. The van der Waals surface area contributed by atoms with Crippen LogP contribution in [-0.2, 0) is 14.8 Å². The summed E-state index contributed by atoms with van der Waals surface area (Å²) in [6.45, 7) is 0.612. The molecule has 1 aliphatic rings. The number of nitrogens with one attached hydrogen (secondary N) is 3. The van der Waals surface area contributed by atoms with Crippen LogP contribution < -0.4 is 10.0 Å². The van der Waals surface area contributed by atoms with Crippen molar-refractivity contribution in [2.45, 2.75) is 35.7 Å². The summed E-state index contributed by atoms with van der Waals surface area (Å²) in [6.07, 6.45) is 5.35. The Kier molecular flexibility index (Phi) is 8.50. The molecule has 0 aliphatic carbocycles. The summed E-state index contributed by atoms with van der Waals surface area (Å²) in [5, 5.41) is 13.8. The summed E-state index contributed by atoms with van der Waals surface area (Å²) >= 11 is 7.37. The lowest BCUT2D eigenvalue weighted by atomic mass is 10.1. The summed E-state index contributed by atoms with van der Waals surface area (Å²) in [7, 11) is -3.83. The van der Waals surface area contributed by atoms with E-state index in [4.69, 9.17) is 11.6 Å². The number of carbonyl (C=O) groups is 1. The van der Waals surface area contributed by atoms with Gasteiger partial charge in [-0.1, -0.05) is 54.0 Å². The minimum Gasteiger partial charge on any atom is -0.360 e. The van der Waals surface area contributed by atoms with Crippen LogP contribution in [0.25, 0.3) is 28.0 Å². The highest BCUT2D eigenvalue weighted by atomic mass is 35.5. The van der Waals surface area contributed by atoms with E-state index in [1.807, 2.05) is 47.2 Å². The Morgan fingerprint density at radius 1 is 1.00 bits per heavy atom. The molecule has 3 N–H and O–H groups in total. The van der Waals surface area contributed by atoms with Crippen LogP contribution in [0.1, 0.15) is 25.7 Å². The fraction of sp³-hybridized carbons (Fsp3) is 0.200. The first kappa shape index (κ1) is 29.0. The summed E-state index contributed by atoms with van der Waals surface area (Å²) < 4.78 is 30.5. The van der Waals surface area contributed by atoms with Crippen LogP contribution in [0.3, 0.4) is 0 Å². The summed E-state index contributed by atoms with van der Waals surface area (Å²) in [5.41, 5.74) is 3.01. The first-order chi connectivity index (χ1) is 20.9. The lowest BCUT2D eigenvalue weighted by molar-refractivity contribution is -0.113. The standard InChI is InChI=1S/C30H28ClN7O3S2/c31-20-12-14-22(15-13-20)38-29(25-18-33-26-10-4-3-9-24(25)26)35-36-30(38)42-19-28(39)34-21-7-6-8-23(17-21)43(40,41)37-27-11-2-1-5-16-32-27/h3-4,6-10,12-15,17-18,33H,1-2,5,11,16,19H2,(H,32,37)(H,34,39). The third kappa shape index (κ3) is 6.61. The number of aliphatic imine (C=N–C) groups is 1. The van der Waals surface area contributed by atoms with Crippen LogP contribution in [0.5, 0.6) is 0 Å². The topological polar surface area (TPSA) is 134 Å². The highest BCUT2D eigenvalue weighted by Gasteiger charge is 2.21. The van der Waals surface area contributed by atoms with Gasteiger partial charge in [0.25, 0.3) is 10.0 Å². The zero-order valence-corrected chi connectivity index (χ0v) is 25.3. The molecule has 0 unspecified atom stereocenters. The Morgan fingerprint density at radius 3 is 2.70 bits per heavy atom. The largest absolute Gasteiger partial charge is 0.360 e. The molecule has 0 saturated heterocycles. The molecule has 13 heteroatoms. The van der Waals surface area contributed by atoms with Gasteiger partial charge in [0, 0.05) is 52.0 Å². The second-order valence-corrected chi connectivity index (χ2v) is 13.0. The average Bonchev–Trinajstić information content (AvgIpc) is 3.53. The van der Waals surface area contributed by atoms with E-state index in [0.29, 0.717) is 40.5 Å². The number of H-pyrrole nitrogens is 1. The lowest BCUT2D eigenvalue weighted by Gasteiger charge is -2.12. The lowest BCUT2D eigenvalue weighted by Crippen LogP contribution is -2.30. The van der Waals surface area contributed by atoms with Crippen molar-refractivity contribution >= 4 is 61.7 Å². The number of carbonyl (C=O) groups excluding carboxylic acids is 1. The van der Waals surface area contributed by atoms with Gasteiger partial charge in [0.15, 0.2) is 11.0 Å². The van der Waals surface area contributed by atoms with E-state index < -0.39 is 10.0 Å². The average molecular weight is 634 g/mol. The van der Waals surface area contributed by atoms with E-state index in [0.717, 1.165) is 41.4 Å². The highest BCUT2D eigenvalue weighted by molar-refractivity contribution is 7.99. The number of nitrogens with zero attached hydrogens (tertiary/aromatic N) is 4. The number of anilines is 1. The minimum absolute atomic E-state index is 0.0195. The molecule has 220 valence electrons. The van der Waals surface area contributed by atoms with E-state index in [9.17, 15) is 13.2 Å². The minimum atomic E-state index is -3.83. The van der Waals surface area contributed by atoms with Crippen molar-refractivity contribution in [3.8, 4) is 17.1 Å². The third-order valence-electron chi connectivity index (χ3n) is 6.94. The number of para-hydroxylation sites is 1. The monoisotopic (exact) mass is 633 g/mol. The van der Waals surface area contributed by atoms with Crippen molar-refractivity contribution in [2.24, 2.45) is 4.99 Å². The van der Waals surface area contributed by atoms with Gasteiger partial charge in [-0.2, -0.15) is 0 Å². The van der Waals surface area contributed by atoms with Crippen molar-refractivity contribution in [3.63, 3.8) is 0 Å². The van der Waals surface area contributed by atoms with Crippen LogP contribution in [0.4, 0.5) is 5.69 Å². The Hall–Kier alpha value is -4.13. The predicted molar refractivity (Wildman–Crippen MR) is 171 cm³/mol. The van der Waals surface area contributed by atoms with Gasteiger partial charge >= 0.3 is 0 Å². The maximum absolute atomic E-state index is 13.0. The zero-order valence-electron chi connectivity index (χ0n) is 23.0. The van der Waals surface area contributed by atoms with Crippen LogP contribution in [0.2, 0.25) is 5.02 Å². The Morgan fingerprint density at radius 2 is 1.84 bits per heavy atom. The molecule has 3 heterocycles. The molecular weight excluding hydrogens is 606 g/mol. The molecule has 0 fully saturated rings. The van der Waals surface area contributed by atoms with Gasteiger partial charge in [0.1, 0.15) is 5.84 Å². The van der Waals surface area contributed by atoms with Gasteiger partial charge < -0.3 is 10.3 Å². The molecule has 1 aliphatic heterocycles. The number of rotatable bonds is 8. The SMILES string of the molecule is O=C(CSc1nnc(-c2c[nH]c3ccccc23)n1-c1ccc(Cl)cc1)Nc1cccc(S(=O)(=O)NC2=NCCCCC2)c1. The maximum atomic E-state index is 13.0. The number of thioether (sulfide) groups is 1.